The standard InChI is InChI=1S/C20H21ClN4O3.C15H22ClN3O3.C10H14ClN3O.C10H9NO3.C9H18N2O2.C5H4Cl2N2O.C4HCl3N2.ClH/c1-3-18(26)23-15-6-4-14(5-7-15)20(27)25-9-8-13(12-25)10-17-22-11-16(21)19(24-17)28-2;1-15(2,3)22-14(20)19-6-5-10(9-19)7-12-17-8-11(16)13(18-12)21-4;1-15-10-8(11)6-13-9(14-10)4-7-2-3-12-5-7;1-2-9(12)11-8-5-3-7(4-6-8)10(13)14;1-9(2,3)13-8(12)11-5-4-7(10)6-11;1-10-4-3(6)2-8-5(7)9-4;5-2-1-8-4(7)9-3(2)6;/h3-7,11,13H,1,8-10,12H2,2H3,(H,23,26);8,10H,5-7,9H2,1-4H3;6-7,12H,2-5H2,1H3;2-6H,1H2,(H,11,12)(H,13,14);7H,4-6,10H2,1-3H3;2H,1H3;1H;1H/t13-;10-;7-;;7-;;;/m000.1.../s1. The van der Waals surface area contributed by atoms with Gasteiger partial charge >= 0.3 is 18.2 Å². The number of rotatable bonds is 16. The van der Waals surface area contributed by atoms with E-state index in [9.17, 15) is 28.8 Å². The van der Waals surface area contributed by atoms with Crippen LogP contribution in [0.4, 0.5) is 21.0 Å². The molecule has 4 aliphatic heterocycles. The molecule has 5 amide bonds. The summed E-state index contributed by atoms with van der Waals surface area (Å²) in [6, 6.07) is 12.8. The van der Waals surface area contributed by atoms with Crippen molar-refractivity contribution in [2.75, 3.05) is 91.4 Å². The van der Waals surface area contributed by atoms with Crippen LogP contribution in [0.1, 0.15) is 105 Å². The molecule has 4 saturated heterocycles. The second-order valence-corrected chi connectivity index (χ2v) is 29.6. The fourth-order valence-electron chi connectivity index (χ4n) is 10.3. The van der Waals surface area contributed by atoms with E-state index in [1.807, 2.05) is 46.4 Å². The Labute approximate surface area is 696 Å². The number of methoxy groups -OCH3 is 4. The van der Waals surface area contributed by atoms with E-state index in [1.54, 1.807) is 53.6 Å². The lowest BCUT2D eigenvalue weighted by atomic mass is 10.0. The molecule has 608 valence electrons. The lowest BCUT2D eigenvalue weighted by molar-refractivity contribution is -0.112. The van der Waals surface area contributed by atoms with Crippen molar-refractivity contribution in [2.45, 2.75) is 104 Å². The Hall–Kier alpha value is -8.53. The average Bonchev–Trinajstić information content (AvgIpc) is 1.75. The van der Waals surface area contributed by atoms with Crippen LogP contribution in [0.15, 0.2) is 105 Å². The summed E-state index contributed by atoms with van der Waals surface area (Å²) < 4.78 is 30.6. The van der Waals surface area contributed by atoms with Gasteiger partial charge in [-0.3, -0.25) is 14.4 Å². The molecule has 4 atom stereocenters. The largest absolute Gasteiger partial charge is 0.480 e. The minimum Gasteiger partial charge on any atom is -0.480 e. The number of aromatic nitrogens is 10. The van der Waals surface area contributed by atoms with E-state index in [1.165, 1.54) is 76.7 Å². The van der Waals surface area contributed by atoms with Gasteiger partial charge in [0.2, 0.25) is 45.9 Å². The molecular weight excluding hydrogens is 1640 g/mol. The van der Waals surface area contributed by atoms with Gasteiger partial charge in [0.1, 0.15) is 48.8 Å². The molecule has 0 aliphatic carbocycles. The number of carbonyl (C=O) groups is 6. The summed E-state index contributed by atoms with van der Waals surface area (Å²) >= 11 is 45.0. The SMILES string of the molecule is C=CC(=O)Nc1ccc(C(=O)N2CC[C@@H](Cc3ncc(Cl)c(OC)n3)C2)cc1.C=CC(=O)Nc1ccc(C(=O)O)cc1.CC(C)(C)OC(=O)N1CC[C@@H](N)C1.COc1nc(C[C@@H]2CCN(C(=O)OC(C)(C)C)C2)ncc1Cl.COc1nc(C[C@@H]2CCNC2)ncc1Cl.COc1nc(Cl)ncc1Cl.Cl.Clc1ncc(Cl)c(Cl)n1. The quantitative estimate of drug-likeness (QED) is 0.0341. The summed E-state index contributed by atoms with van der Waals surface area (Å²) in [6.07, 6.45) is 15.3. The predicted molar refractivity (Wildman–Crippen MR) is 434 cm³/mol. The molecule has 5 aromatic heterocycles. The molecule has 9 heterocycles. The molecule has 2 aromatic carbocycles. The number of nitrogens with two attached hydrogens (primary N) is 1. The zero-order chi connectivity index (χ0) is 82.1. The molecule has 39 heteroatoms. The van der Waals surface area contributed by atoms with Crippen LogP contribution in [0.25, 0.3) is 0 Å². The Morgan fingerprint density at radius 2 is 0.875 bits per heavy atom. The van der Waals surface area contributed by atoms with Crippen LogP contribution >= 0.6 is 105 Å². The van der Waals surface area contributed by atoms with Crippen molar-refractivity contribution >= 4 is 152 Å². The number of nitrogens with one attached hydrogen (secondary N) is 3. The highest BCUT2D eigenvalue weighted by molar-refractivity contribution is 6.41. The number of carboxylic acid groups (broad SMARTS) is 1. The highest BCUT2D eigenvalue weighted by Gasteiger charge is 2.32. The number of benzene rings is 2. The van der Waals surface area contributed by atoms with E-state index in [-0.39, 0.29) is 75.6 Å². The highest BCUT2D eigenvalue weighted by Crippen LogP contribution is 2.29. The Bertz CT molecular complexity index is 4250. The van der Waals surface area contributed by atoms with Gasteiger partial charge < -0.3 is 69.9 Å². The first-order chi connectivity index (χ1) is 52.5. The van der Waals surface area contributed by atoms with Gasteiger partial charge in [0.05, 0.1) is 70.0 Å². The van der Waals surface area contributed by atoms with Gasteiger partial charge in [-0.05, 0) is 182 Å². The summed E-state index contributed by atoms with van der Waals surface area (Å²) in [5, 5.41) is 19.4. The van der Waals surface area contributed by atoms with Crippen molar-refractivity contribution < 1.29 is 62.3 Å². The molecule has 6 N–H and O–H groups in total. The van der Waals surface area contributed by atoms with E-state index in [0.29, 0.717) is 135 Å². The Morgan fingerprint density at radius 3 is 1.23 bits per heavy atom. The molecule has 0 saturated carbocycles. The van der Waals surface area contributed by atoms with Crippen LogP contribution in [0.3, 0.4) is 0 Å². The van der Waals surface area contributed by atoms with Crippen LogP contribution in [-0.4, -0.2) is 204 Å². The Morgan fingerprint density at radius 1 is 0.509 bits per heavy atom. The second kappa shape index (κ2) is 47.9. The van der Waals surface area contributed by atoms with E-state index < -0.39 is 17.2 Å². The molecule has 4 aliphatic rings. The van der Waals surface area contributed by atoms with Gasteiger partial charge in [0, 0.05) is 81.5 Å². The van der Waals surface area contributed by atoms with E-state index in [4.69, 9.17) is 132 Å². The summed E-state index contributed by atoms with van der Waals surface area (Å²) in [4.78, 5) is 114. The van der Waals surface area contributed by atoms with Crippen molar-refractivity contribution in [3.05, 3.63) is 174 Å². The summed E-state index contributed by atoms with van der Waals surface area (Å²) in [7, 11) is 6.07. The molecule has 30 nitrogen and oxygen atoms in total. The van der Waals surface area contributed by atoms with Crippen molar-refractivity contribution in [3.63, 3.8) is 0 Å². The number of anilines is 2. The topological polar surface area (TPSA) is 379 Å². The highest BCUT2D eigenvalue weighted by atomic mass is 35.5. The van der Waals surface area contributed by atoms with E-state index >= 15 is 0 Å². The van der Waals surface area contributed by atoms with Crippen molar-refractivity contribution in [3.8, 4) is 23.5 Å². The number of ether oxygens (including phenoxy) is 6. The van der Waals surface area contributed by atoms with Crippen molar-refractivity contribution in [1.29, 1.82) is 0 Å². The Balaban J connectivity index is 0.000000285. The third-order valence-corrected chi connectivity index (χ3v) is 17.6. The summed E-state index contributed by atoms with van der Waals surface area (Å²) in [6.45, 7) is 24.1. The molecule has 112 heavy (non-hydrogen) atoms. The van der Waals surface area contributed by atoms with Gasteiger partial charge in [-0.25, -0.2) is 44.3 Å². The summed E-state index contributed by atoms with van der Waals surface area (Å²) in [5.41, 5.74) is 6.72. The van der Waals surface area contributed by atoms with Gasteiger partial charge in [-0.15, -0.1) is 12.4 Å². The normalized spacial score (nSPS) is 15.8. The number of amides is 5. The number of hydrogen-bond acceptors (Lipinski definition) is 24. The lowest BCUT2D eigenvalue weighted by Gasteiger charge is -2.24. The van der Waals surface area contributed by atoms with Crippen LogP contribution < -0.4 is 40.6 Å². The first-order valence-electron chi connectivity index (χ1n) is 34.3. The van der Waals surface area contributed by atoms with Crippen LogP contribution in [0.2, 0.25) is 40.8 Å². The smallest absolute Gasteiger partial charge is 0.410 e. The van der Waals surface area contributed by atoms with Gasteiger partial charge in [-0.2, -0.15) is 19.9 Å². The molecule has 0 spiro atoms. The molecule has 11 rings (SSSR count). The molecular formula is C73H90Cl9N17O13. The molecule has 0 unspecified atom stereocenters. The second-order valence-electron chi connectivity index (χ2n) is 26.5. The van der Waals surface area contributed by atoms with E-state index in [2.05, 4.69) is 78.9 Å². The molecule has 4 fully saturated rings. The van der Waals surface area contributed by atoms with Crippen LogP contribution in [-0.2, 0) is 38.3 Å². The number of carboxylic acids is 1. The van der Waals surface area contributed by atoms with Crippen molar-refractivity contribution in [1.82, 2.24) is 69.9 Å². The maximum absolute atomic E-state index is 12.7. The van der Waals surface area contributed by atoms with E-state index in [0.717, 1.165) is 57.2 Å². The maximum Gasteiger partial charge on any atom is 0.410 e. The number of aromatic carboxylic acids is 1. The fourth-order valence-corrected chi connectivity index (χ4v) is 11.5. The van der Waals surface area contributed by atoms with Crippen LogP contribution in [0, 0.1) is 17.8 Å². The fraction of sp³-hybridized carbons (Fsp3) is 0.425. The predicted octanol–water partition coefficient (Wildman–Crippen LogP) is 14.3. The number of hydrogen-bond donors (Lipinski definition) is 5. The molecule has 7 aromatic rings. The number of nitrogens with zero attached hydrogens (tertiary/aromatic N) is 13. The first kappa shape index (κ1) is 95.8. The number of carbonyl (C=O) groups excluding carboxylic acids is 5. The minimum atomic E-state index is -0.994. The summed E-state index contributed by atoms with van der Waals surface area (Å²) in [5.74, 6) is 3.24. The lowest BCUT2D eigenvalue weighted by Crippen LogP contribution is -2.36. The zero-order valence-electron chi connectivity index (χ0n) is 63.2. The molecule has 0 radical (unpaired) electrons. The minimum absolute atomic E-state index is 0. The number of likely N-dealkylation sites (tertiary alicyclic amines) is 3. The monoisotopic (exact) mass is 1730 g/mol. The van der Waals surface area contributed by atoms with Gasteiger partial charge in [0.15, 0.2) is 5.15 Å². The zero-order valence-corrected chi connectivity index (χ0v) is 70.0. The molecule has 0 bridgehead atoms. The van der Waals surface area contributed by atoms with Crippen LogP contribution in [0.5, 0.6) is 23.5 Å². The first-order valence-corrected chi connectivity index (χ1v) is 37.3. The van der Waals surface area contributed by atoms with Crippen molar-refractivity contribution in [2.24, 2.45) is 23.5 Å². The third-order valence-electron chi connectivity index (χ3n) is 15.5. The van der Waals surface area contributed by atoms with Gasteiger partial charge in [-0.1, -0.05) is 82.8 Å². The maximum atomic E-state index is 12.7. The average molecular weight is 1730 g/mol. The third kappa shape index (κ3) is 34.4. The Kier molecular flexibility index (Phi) is 41.0. The number of halogens is 9. The van der Waals surface area contributed by atoms with Gasteiger partial charge in [0.25, 0.3) is 5.91 Å².